The molecule has 0 saturated heterocycles. The zero-order chi connectivity index (χ0) is 23.5. The second kappa shape index (κ2) is 9.07. The van der Waals surface area contributed by atoms with Crippen LogP contribution in [0.3, 0.4) is 0 Å². The van der Waals surface area contributed by atoms with Gasteiger partial charge in [-0.1, -0.05) is 61.9 Å². The Kier molecular flexibility index (Phi) is 5.66. The van der Waals surface area contributed by atoms with Crippen LogP contribution in [0.1, 0.15) is 36.8 Å². The number of H-pyrrole nitrogens is 2. The molecular weight excluding hydrogens is 430 g/mol. The fraction of sp³-hybridized carbons (Fsp3) is 0.208. The quantitative estimate of drug-likeness (QED) is 0.387. The molecule has 3 heterocycles. The normalized spacial score (nSPS) is 11.1. The number of hydrogen-bond acceptors (Lipinski definition) is 7. The number of nitrogens with zero attached hydrogens (tertiary/aromatic N) is 7. The van der Waals surface area contributed by atoms with Crippen LogP contribution in [0.2, 0.25) is 0 Å². The molecular formula is C24H21N9O. The fourth-order valence-electron chi connectivity index (χ4n) is 4.06. The first-order valence-electron chi connectivity index (χ1n) is 11.0. The van der Waals surface area contributed by atoms with E-state index >= 15 is 0 Å². The number of fused-ring (bicyclic) bond motifs is 1. The topological polar surface area (TPSA) is 142 Å². The van der Waals surface area contributed by atoms with E-state index in [1.54, 1.807) is 0 Å². The Bertz CT molecular complexity index is 1540. The second-order valence-corrected chi connectivity index (χ2v) is 7.91. The third-order valence-electron chi connectivity index (χ3n) is 5.73. The number of benzene rings is 2. The van der Waals surface area contributed by atoms with Gasteiger partial charge in [0, 0.05) is 18.5 Å². The minimum atomic E-state index is -0.352. The van der Waals surface area contributed by atoms with Crippen molar-refractivity contribution < 1.29 is 0 Å². The lowest BCUT2D eigenvalue weighted by molar-refractivity contribution is 0.688. The number of aromatic amines is 2. The third kappa shape index (κ3) is 3.84. The molecule has 0 atom stereocenters. The summed E-state index contributed by atoms with van der Waals surface area (Å²) in [5, 5.41) is 30.1. The maximum Gasteiger partial charge on any atom is 0.290 e. The van der Waals surface area contributed by atoms with Gasteiger partial charge in [-0.2, -0.15) is 15.6 Å². The molecule has 5 aromatic rings. The van der Waals surface area contributed by atoms with E-state index in [2.05, 4.69) is 42.7 Å². The summed E-state index contributed by atoms with van der Waals surface area (Å²) in [4.78, 5) is 17.2. The van der Waals surface area contributed by atoms with E-state index in [1.165, 1.54) is 0 Å². The Morgan fingerprint density at radius 2 is 1.85 bits per heavy atom. The molecule has 0 spiro atoms. The Labute approximate surface area is 194 Å². The number of nitriles is 1. The van der Waals surface area contributed by atoms with Gasteiger partial charge >= 0.3 is 0 Å². The molecule has 168 valence electrons. The monoisotopic (exact) mass is 451 g/mol. The van der Waals surface area contributed by atoms with Gasteiger partial charge < -0.3 is 4.57 Å². The Morgan fingerprint density at radius 3 is 2.56 bits per heavy atom. The number of tetrazole rings is 1. The van der Waals surface area contributed by atoms with Crippen LogP contribution in [-0.4, -0.2) is 40.4 Å². The molecule has 0 fully saturated rings. The standard InChI is InChI=1S/C24H21N9O/c1-2-3-8-20-26-21-19(13-25)27-30-24(34)22(21)33(20)14-15-9-11-16(12-10-15)17-6-4-5-7-18(17)23-28-31-32-29-23/h4-7,9-12H,2-3,8,14H2,1H3,(H,30,34)(H,28,29,31,32). The molecule has 0 aliphatic carbocycles. The third-order valence-corrected chi connectivity index (χ3v) is 5.73. The minimum Gasteiger partial charge on any atom is -0.319 e. The van der Waals surface area contributed by atoms with Crippen LogP contribution < -0.4 is 5.56 Å². The number of hydrogen-bond donors (Lipinski definition) is 2. The number of imidazole rings is 1. The van der Waals surface area contributed by atoms with Gasteiger partial charge in [-0.25, -0.2) is 10.1 Å². The lowest BCUT2D eigenvalue weighted by atomic mass is 9.98. The average molecular weight is 451 g/mol. The van der Waals surface area contributed by atoms with E-state index < -0.39 is 0 Å². The molecule has 0 aliphatic rings. The first kappa shape index (κ1) is 21.2. The van der Waals surface area contributed by atoms with Gasteiger partial charge in [-0.3, -0.25) is 4.79 Å². The molecule has 0 bridgehead atoms. The molecule has 0 aliphatic heterocycles. The van der Waals surface area contributed by atoms with E-state index in [-0.39, 0.29) is 11.3 Å². The smallest absolute Gasteiger partial charge is 0.290 e. The maximum atomic E-state index is 12.6. The summed E-state index contributed by atoms with van der Waals surface area (Å²) in [6.45, 7) is 2.56. The minimum absolute atomic E-state index is 0.125. The van der Waals surface area contributed by atoms with Crippen molar-refractivity contribution in [1.82, 2.24) is 40.4 Å². The average Bonchev–Trinajstić information content (AvgIpc) is 3.53. The van der Waals surface area contributed by atoms with E-state index in [4.69, 9.17) is 0 Å². The van der Waals surface area contributed by atoms with Gasteiger partial charge in [0.25, 0.3) is 5.56 Å². The molecule has 34 heavy (non-hydrogen) atoms. The molecule has 0 radical (unpaired) electrons. The van der Waals surface area contributed by atoms with E-state index in [0.29, 0.717) is 29.8 Å². The molecule has 5 rings (SSSR count). The van der Waals surface area contributed by atoms with Crippen LogP contribution >= 0.6 is 0 Å². The van der Waals surface area contributed by atoms with Crippen molar-refractivity contribution in [2.75, 3.05) is 0 Å². The van der Waals surface area contributed by atoms with Crippen LogP contribution in [0.4, 0.5) is 0 Å². The number of unbranched alkanes of at least 4 members (excludes halogenated alkanes) is 1. The summed E-state index contributed by atoms with van der Waals surface area (Å²) < 4.78 is 1.90. The van der Waals surface area contributed by atoms with Crippen LogP contribution in [0.15, 0.2) is 53.3 Å². The van der Waals surface area contributed by atoms with Gasteiger partial charge in [0.15, 0.2) is 5.69 Å². The Morgan fingerprint density at radius 1 is 1.06 bits per heavy atom. The van der Waals surface area contributed by atoms with Gasteiger partial charge in [0.2, 0.25) is 5.82 Å². The molecule has 3 aromatic heterocycles. The molecule has 0 saturated carbocycles. The van der Waals surface area contributed by atoms with E-state index in [0.717, 1.165) is 40.9 Å². The summed E-state index contributed by atoms with van der Waals surface area (Å²) in [5.74, 6) is 1.31. The molecule has 2 aromatic carbocycles. The highest BCUT2D eigenvalue weighted by Crippen LogP contribution is 2.30. The van der Waals surface area contributed by atoms with Gasteiger partial charge in [-0.15, -0.1) is 10.2 Å². The van der Waals surface area contributed by atoms with Crippen LogP contribution in [0.5, 0.6) is 0 Å². The van der Waals surface area contributed by atoms with E-state index in [1.807, 2.05) is 59.2 Å². The van der Waals surface area contributed by atoms with Crippen molar-refractivity contribution in [3.63, 3.8) is 0 Å². The highest BCUT2D eigenvalue weighted by molar-refractivity contribution is 5.81. The van der Waals surface area contributed by atoms with Crippen LogP contribution in [0.25, 0.3) is 33.5 Å². The molecule has 2 N–H and O–H groups in total. The molecule has 0 amide bonds. The first-order valence-corrected chi connectivity index (χ1v) is 11.0. The summed E-state index contributed by atoms with van der Waals surface area (Å²) in [5.41, 5.74) is 4.40. The Hall–Kier alpha value is -4.65. The lowest BCUT2D eigenvalue weighted by Crippen LogP contribution is -2.15. The number of nitrogens with one attached hydrogen (secondary N) is 2. The molecule has 0 unspecified atom stereocenters. The van der Waals surface area contributed by atoms with Gasteiger partial charge in [-0.05, 0) is 28.3 Å². The predicted molar refractivity (Wildman–Crippen MR) is 126 cm³/mol. The highest BCUT2D eigenvalue weighted by atomic mass is 16.1. The van der Waals surface area contributed by atoms with Crippen LogP contribution in [0, 0.1) is 11.3 Å². The number of rotatable bonds is 7. The zero-order valence-electron chi connectivity index (χ0n) is 18.5. The second-order valence-electron chi connectivity index (χ2n) is 7.91. The molecule has 10 heteroatoms. The predicted octanol–water partition coefficient (Wildman–Crippen LogP) is 3.23. The van der Waals surface area contributed by atoms with Crippen molar-refractivity contribution in [1.29, 1.82) is 5.26 Å². The first-order chi connectivity index (χ1) is 16.7. The van der Waals surface area contributed by atoms with Gasteiger partial charge in [0.05, 0.1) is 0 Å². The Balaban J connectivity index is 1.53. The summed E-state index contributed by atoms with van der Waals surface area (Å²) >= 11 is 0. The fourth-order valence-corrected chi connectivity index (χ4v) is 4.06. The zero-order valence-corrected chi connectivity index (χ0v) is 18.5. The lowest BCUT2D eigenvalue weighted by Gasteiger charge is -2.11. The van der Waals surface area contributed by atoms with Gasteiger partial charge in [0.1, 0.15) is 22.9 Å². The van der Waals surface area contributed by atoms with Crippen molar-refractivity contribution in [2.24, 2.45) is 0 Å². The van der Waals surface area contributed by atoms with Crippen molar-refractivity contribution >= 4 is 11.0 Å². The summed E-state index contributed by atoms with van der Waals surface area (Å²) in [7, 11) is 0. The summed E-state index contributed by atoms with van der Waals surface area (Å²) in [6.07, 6.45) is 2.64. The maximum absolute atomic E-state index is 12.6. The van der Waals surface area contributed by atoms with Crippen molar-refractivity contribution in [2.45, 2.75) is 32.7 Å². The van der Waals surface area contributed by atoms with Crippen molar-refractivity contribution in [3.8, 4) is 28.6 Å². The number of aromatic nitrogens is 8. The largest absolute Gasteiger partial charge is 0.319 e. The van der Waals surface area contributed by atoms with Crippen LogP contribution in [-0.2, 0) is 13.0 Å². The summed E-state index contributed by atoms with van der Waals surface area (Å²) in [6, 6.07) is 18.0. The SMILES string of the molecule is CCCCc1nc2c(C#N)n[nH]c(=O)c2n1Cc1ccc(-c2ccccc2-c2nn[nH]n2)cc1. The highest BCUT2D eigenvalue weighted by Gasteiger charge is 2.18. The van der Waals surface area contributed by atoms with E-state index in [9.17, 15) is 10.1 Å². The molecule has 10 nitrogen and oxygen atoms in total. The number of aryl methyl sites for hydroxylation is 1. The van der Waals surface area contributed by atoms with Crippen molar-refractivity contribution in [3.05, 3.63) is 76.0 Å².